The number of unbranched alkanes of at least 4 members (excludes halogenated alkanes) is 3. The molecule has 1 rings (SSSR count). The fraction of sp³-hybridized carbons (Fsp3) is 0.765. The Balaban J connectivity index is 2.01. The molecule has 0 atom stereocenters. The quantitative estimate of drug-likeness (QED) is 0.655. The summed E-state index contributed by atoms with van der Waals surface area (Å²) in [6.07, 6.45) is 6.96. The Bertz CT molecular complexity index is 327. The van der Waals surface area contributed by atoms with Crippen LogP contribution in [0.15, 0.2) is 22.8 Å². The molecule has 3 nitrogen and oxygen atoms in total. The lowest BCUT2D eigenvalue weighted by atomic mass is 10.1. The van der Waals surface area contributed by atoms with Crippen LogP contribution in [0.25, 0.3) is 0 Å². The first-order chi connectivity index (χ1) is 9.51. The zero-order chi connectivity index (χ0) is 14.8. The molecule has 0 saturated heterocycles. The molecular weight excluding hydrogens is 248 g/mol. The second-order valence-electron chi connectivity index (χ2n) is 6.54. The molecule has 1 N–H and O–H groups in total. The zero-order valence-corrected chi connectivity index (χ0v) is 13.7. The van der Waals surface area contributed by atoms with Crippen LogP contribution in [0.1, 0.15) is 59.1 Å². The summed E-state index contributed by atoms with van der Waals surface area (Å²) in [7, 11) is 0. The number of rotatable bonds is 10. The predicted octanol–water partition coefficient (Wildman–Crippen LogP) is 4.05. The second kappa shape index (κ2) is 9.19. The minimum atomic E-state index is 0.252. The van der Waals surface area contributed by atoms with Crippen LogP contribution in [0.3, 0.4) is 0 Å². The fourth-order valence-corrected chi connectivity index (χ4v) is 2.25. The third kappa shape index (κ3) is 8.39. The molecule has 1 aromatic heterocycles. The van der Waals surface area contributed by atoms with Crippen molar-refractivity contribution in [3.05, 3.63) is 24.2 Å². The molecule has 0 aliphatic rings. The van der Waals surface area contributed by atoms with Gasteiger partial charge in [0.15, 0.2) is 0 Å². The second-order valence-corrected chi connectivity index (χ2v) is 6.54. The lowest BCUT2D eigenvalue weighted by molar-refractivity contribution is 0.250. The zero-order valence-electron chi connectivity index (χ0n) is 13.7. The maximum Gasteiger partial charge on any atom is 0.117 e. The third-order valence-corrected chi connectivity index (χ3v) is 3.46. The molecule has 0 bridgehead atoms. The summed E-state index contributed by atoms with van der Waals surface area (Å²) in [6, 6.07) is 4.02. The van der Waals surface area contributed by atoms with Crippen LogP contribution in [0, 0.1) is 0 Å². The third-order valence-electron chi connectivity index (χ3n) is 3.46. The molecule has 0 aliphatic heterocycles. The van der Waals surface area contributed by atoms with Gasteiger partial charge in [0.1, 0.15) is 5.76 Å². The van der Waals surface area contributed by atoms with Gasteiger partial charge in [-0.05, 0) is 65.4 Å². The number of hydrogen-bond donors (Lipinski definition) is 1. The maximum absolute atomic E-state index is 5.41. The van der Waals surface area contributed by atoms with Crippen molar-refractivity contribution in [1.29, 1.82) is 0 Å². The van der Waals surface area contributed by atoms with E-state index in [0.29, 0.717) is 0 Å². The Hall–Kier alpha value is -0.800. The van der Waals surface area contributed by atoms with Gasteiger partial charge in [0, 0.05) is 5.54 Å². The van der Waals surface area contributed by atoms with Crippen LogP contribution in [0.4, 0.5) is 0 Å². The van der Waals surface area contributed by atoms with Crippen LogP contribution in [-0.2, 0) is 6.54 Å². The molecule has 0 amide bonds. The predicted molar refractivity (Wildman–Crippen MR) is 85.9 cm³/mol. The Morgan fingerprint density at radius 1 is 1.15 bits per heavy atom. The van der Waals surface area contributed by atoms with Gasteiger partial charge in [-0.25, -0.2) is 0 Å². The van der Waals surface area contributed by atoms with E-state index in [1.54, 1.807) is 6.26 Å². The van der Waals surface area contributed by atoms with E-state index in [0.717, 1.165) is 25.4 Å². The van der Waals surface area contributed by atoms with Gasteiger partial charge in [0.05, 0.1) is 12.8 Å². The highest BCUT2D eigenvalue weighted by Gasteiger charge is 2.07. The molecule has 0 radical (unpaired) electrons. The van der Waals surface area contributed by atoms with E-state index in [1.165, 1.54) is 32.2 Å². The topological polar surface area (TPSA) is 28.4 Å². The van der Waals surface area contributed by atoms with E-state index in [-0.39, 0.29) is 5.54 Å². The van der Waals surface area contributed by atoms with E-state index in [4.69, 9.17) is 4.42 Å². The SMILES string of the molecule is CCN(CCCCCCNC(C)(C)C)Cc1ccco1. The lowest BCUT2D eigenvalue weighted by Crippen LogP contribution is -2.36. The van der Waals surface area contributed by atoms with Gasteiger partial charge in [0.25, 0.3) is 0 Å². The van der Waals surface area contributed by atoms with Crippen molar-refractivity contribution in [2.75, 3.05) is 19.6 Å². The molecule has 0 fully saturated rings. The van der Waals surface area contributed by atoms with Crippen molar-refractivity contribution in [2.45, 2.75) is 65.5 Å². The van der Waals surface area contributed by atoms with Crippen LogP contribution >= 0.6 is 0 Å². The largest absolute Gasteiger partial charge is 0.468 e. The fourth-order valence-electron chi connectivity index (χ4n) is 2.25. The van der Waals surface area contributed by atoms with Gasteiger partial charge in [-0.1, -0.05) is 19.8 Å². The molecule has 3 heteroatoms. The first kappa shape index (κ1) is 17.3. The highest BCUT2D eigenvalue weighted by molar-refractivity contribution is 4.97. The monoisotopic (exact) mass is 280 g/mol. The molecule has 0 unspecified atom stereocenters. The van der Waals surface area contributed by atoms with Crippen LogP contribution in [0.2, 0.25) is 0 Å². The Labute approximate surface area is 124 Å². The van der Waals surface area contributed by atoms with Gasteiger partial charge in [-0.2, -0.15) is 0 Å². The molecule has 116 valence electrons. The Morgan fingerprint density at radius 2 is 1.90 bits per heavy atom. The average Bonchev–Trinajstić information content (AvgIpc) is 2.87. The lowest BCUT2D eigenvalue weighted by Gasteiger charge is -2.20. The summed E-state index contributed by atoms with van der Waals surface area (Å²) in [5.41, 5.74) is 0.252. The highest BCUT2D eigenvalue weighted by Crippen LogP contribution is 2.08. The summed E-state index contributed by atoms with van der Waals surface area (Å²) in [4.78, 5) is 2.45. The van der Waals surface area contributed by atoms with Gasteiger partial charge in [-0.3, -0.25) is 4.90 Å². The molecule has 0 aliphatic carbocycles. The van der Waals surface area contributed by atoms with Gasteiger partial charge in [0.2, 0.25) is 0 Å². The molecule has 1 heterocycles. The average molecular weight is 280 g/mol. The minimum absolute atomic E-state index is 0.252. The Kier molecular flexibility index (Phi) is 7.93. The van der Waals surface area contributed by atoms with Crippen molar-refractivity contribution in [3.8, 4) is 0 Å². The molecule has 0 spiro atoms. The van der Waals surface area contributed by atoms with Gasteiger partial charge < -0.3 is 9.73 Å². The number of hydrogen-bond acceptors (Lipinski definition) is 3. The van der Waals surface area contributed by atoms with E-state index < -0.39 is 0 Å². The van der Waals surface area contributed by atoms with Crippen LogP contribution < -0.4 is 5.32 Å². The molecule has 1 aromatic rings. The number of nitrogens with one attached hydrogen (secondary N) is 1. The minimum Gasteiger partial charge on any atom is -0.468 e. The number of nitrogens with zero attached hydrogens (tertiary/aromatic N) is 1. The summed E-state index contributed by atoms with van der Waals surface area (Å²) in [6.45, 7) is 13.2. The summed E-state index contributed by atoms with van der Waals surface area (Å²) in [5.74, 6) is 1.07. The van der Waals surface area contributed by atoms with E-state index in [1.807, 2.05) is 6.07 Å². The standard InChI is InChI=1S/C17H32N2O/c1-5-19(15-16-11-10-14-20-16)13-9-7-6-8-12-18-17(2,3)4/h10-11,14,18H,5-9,12-13,15H2,1-4H3. The smallest absolute Gasteiger partial charge is 0.117 e. The first-order valence-corrected chi connectivity index (χ1v) is 8.01. The van der Waals surface area contributed by atoms with Crippen molar-refractivity contribution in [1.82, 2.24) is 10.2 Å². The molecule has 0 aromatic carbocycles. The maximum atomic E-state index is 5.41. The first-order valence-electron chi connectivity index (χ1n) is 8.01. The van der Waals surface area contributed by atoms with Gasteiger partial charge in [-0.15, -0.1) is 0 Å². The van der Waals surface area contributed by atoms with Crippen molar-refractivity contribution in [2.24, 2.45) is 0 Å². The highest BCUT2D eigenvalue weighted by atomic mass is 16.3. The van der Waals surface area contributed by atoms with Crippen molar-refractivity contribution >= 4 is 0 Å². The van der Waals surface area contributed by atoms with E-state index >= 15 is 0 Å². The van der Waals surface area contributed by atoms with Gasteiger partial charge >= 0.3 is 0 Å². The Morgan fingerprint density at radius 3 is 2.50 bits per heavy atom. The summed E-state index contributed by atoms with van der Waals surface area (Å²) in [5, 5.41) is 3.54. The van der Waals surface area contributed by atoms with Crippen LogP contribution in [0.5, 0.6) is 0 Å². The van der Waals surface area contributed by atoms with Crippen molar-refractivity contribution < 1.29 is 4.42 Å². The van der Waals surface area contributed by atoms with E-state index in [2.05, 4.69) is 44.0 Å². The summed E-state index contributed by atoms with van der Waals surface area (Å²) < 4.78 is 5.41. The normalized spacial score (nSPS) is 12.2. The molecule has 0 saturated carbocycles. The number of furan rings is 1. The molecule has 20 heavy (non-hydrogen) atoms. The van der Waals surface area contributed by atoms with Crippen LogP contribution in [-0.4, -0.2) is 30.1 Å². The summed E-state index contributed by atoms with van der Waals surface area (Å²) >= 11 is 0. The molecular formula is C17H32N2O. The van der Waals surface area contributed by atoms with E-state index in [9.17, 15) is 0 Å². The van der Waals surface area contributed by atoms with Crippen molar-refractivity contribution in [3.63, 3.8) is 0 Å².